The first-order valence-electron chi connectivity index (χ1n) is 6.02. The van der Waals surface area contributed by atoms with Crippen LogP contribution in [-0.4, -0.2) is 6.17 Å². The van der Waals surface area contributed by atoms with Gasteiger partial charge in [-0.1, -0.05) is 54.9 Å². The molecule has 0 spiro atoms. The van der Waals surface area contributed by atoms with E-state index in [1.807, 2.05) is 0 Å². The van der Waals surface area contributed by atoms with Crippen LogP contribution in [0, 0.1) is 16.2 Å². The summed E-state index contributed by atoms with van der Waals surface area (Å²) in [5.74, 6) is 0. The molecule has 0 rings (SSSR count). The van der Waals surface area contributed by atoms with Gasteiger partial charge >= 0.3 is 0 Å². The average molecular weight is 376 g/mol. The second-order valence-electron chi connectivity index (χ2n) is 6.51. The number of nitrogens with two attached hydrogens (primary N) is 2. The number of rotatable bonds is 5. The van der Waals surface area contributed by atoms with Gasteiger partial charge in [0.25, 0.3) is 0 Å². The predicted octanol–water partition coefficient (Wildman–Crippen LogP) is 4.26. The van der Waals surface area contributed by atoms with Crippen molar-refractivity contribution in [1.82, 2.24) is 0 Å². The fourth-order valence-corrected chi connectivity index (χ4v) is 2.23. The first-order chi connectivity index (χ1) is 6.50. The van der Waals surface area contributed by atoms with Gasteiger partial charge in [-0.3, -0.25) is 0 Å². The maximum atomic E-state index is 5.93. The van der Waals surface area contributed by atoms with E-state index in [0.717, 1.165) is 0 Å². The molecule has 0 saturated heterocycles. The zero-order valence-corrected chi connectivity index (χ0v) is 15.9. The van der Waals surface area contributed by atoms with Crippen LogP contribution in [0.5, 0.6) is 0 Å². The van der Waals surface area contributed by atoms with Gasteiger partial charge in [0.2, 0.25) is 0 Å². The van der Waals surface area contributed by atoms with E-state index < -0.39 is 0 Å². The summed E-state index contributed by atoms with van der Waals surface area (Å²) in [6, 6.07) is 0. The summed E-state index contributed by atoms with van der Waals surface area (Å²) in [5, 5.41) is 0. The van der Waals surface area contributed by atoms with Crippen molar-refractivity contribution in [2.24, 2.45) is 27.7 Å². The molecule has 2 nitrogen and oxygen atoms in total. The third-order valence-corrected chi connectivity index (χ3v) is 5.01. The van der Waals surface area contributed by atoms with E-state index in [9.17, 15) is 0 Å². The second-order valence-corrected chi connectivity index (χ2v) is 6.51. The van der Waals surface area contributed by atoms with Crippen LogP contribution >= 0.6 is 34.0 Å². The van der Waals surface area contributed by atoms with Crippen molar-refractivity contribution in [3.63, 3.8) is 0 Å². The molecular weight excluding hydrogens is 344 g/mol. The molecule has 0 aliphatic carbocycles. The molecule has 0 radical (unpaired) electrons. The van der Waals surface area contributed by atoms with Gasteiger partial charge in [0.1, 0.15) is 0 Å². The van der Waals surface area contributed by atoms with Crippen LogP contribution in [0.4, 0.5) is 0 Å². The van der Waals surface area contributed by atoms with E-state index in [0.29, 0.717) is 0 Å². The summed E-state index contributed by atoms with van der Waals surface area (Å²) in [6.45, 7) is 15.8. The largest absolute Gasteiger partial charge is 0.316 e. The molecule has 0 fully saturated rings. The maximum absolute atomic E-state index is 5.93. The van der Waals surface area contributed by atoms with Crippen LogP contribution in [0.2, 0.25) is 0 Å². The van der Waals surface area contributed by atoms with E-state index in [1.54, 1.807) is 0 Å². The van der Waals surface area contributed by atoms with Gasteiger partial charge < -0.3 is 11.5 Å². The molecule has 0 unspecified atom stereocenters. The minimum absolute atomic E-state index is 0. The van der Waals surface area contributed by atoms with Crippen molar-refractivity contribution < 1.29 is 0 Å². The lowest BCUT2D eigenvalue weighted by Gasteiger charge is -2.54. The van der Waals surface area contributed by atoms with E-state index >= 15 is 0 Å². The summed E-state index contributed by atoms with van der Waals surface area (Å²) in [6.07, 6.45) is 2.13. The lowest BCUT2D eigenvalue weighted by Crippen LogP contribution is -2.57. The van der Waals surface area contributed by atoms with E-state index in [2.05, 4.69) is 48.5 Å². The van der Waals surface area contributed by atoms with Crippen LogP contribution in [0.3, 0.4) is 0 Å². The van der Waals surface area contributed by atoms with Gasteiger partial charge in [0, 0.05) is 0 Å². The normalized spacial score (nSPS) is 13.1. The Kier molecular flexibility index (Phi) is 10.1. The highest BCUT2D eigenvalue weighted by molar-refractivity contribution is 8.93. The zero-order chi connectivity index (χ0) is 12.5. The van der Waals surface area contributed by atoms with Gasteiger partial charge in [-0.2, -0.15) is 0 Å². The molecule has 108 valence electrons. The lowest BCUT2D eigenvalue weighted by molar-refractivity contribution is -0.0398. The molecule has 17 heavy (non-hydrogen) atoms. The molecule has 4 heteroatoms. The quantitative estimate of drug-likeness (QED) is 0.705. The molecule has 0 aliphatic heterocycles. The minimum Gasteiger partial charge on any atom is -0.316 e. The molecule has 0 saturated carbocycles. The number of hydrogen-bond acceptors (Lipinski definition) is 2. The summed E-state index contributed by atoms with van der Waals surface area (Å²) in [7, 11) is 0. The first-order valence-corrected chi connectivity index (χ1v) is 6.02. The molecule has 0 aromatic heterocycles. The highest BCUT2D eigenvalue weighted by Gasteiger charge is 2.49. The summed E-state index contributed by atoms with van der Waals surface area (Å²) < 4.78 is 0. The van der Waals surface area contributed by atoms with Crippen LogP contribution in [-0.2, 0) is 0 Å². The van der Waals surface area contributed by atoms with Crippen molar-refractivity contribution in [1.29, 1.82) is 0 Å². The first kappa shape index (κ1) is 23.0. The number of halogens is 2. The molecule has 4 N–H and O–H groups in total. The van der Waals surface area contributed by atoms with Crippen molar-refractivity contribution >= 4 is 34.0 Å². The van der Waals surface area contributed by atoms with Crippen LogP contribution in [0.25, 0.3) is 0 Å². The Morgan fingerprint density at radius 3 is 1.47 bits per heavy atom. The zero-order valence-electron chi connectivity index (χ0n) is 12.5. The monoisotopic (exact) mass is 374 g/mol. The molecule has 0 heterocycles. The smallest absolute Gasteiger partial charge is 0.0578 e. The molecule has 0 atom stereocenters. The summed E-state index contributed by atoms with van der Waals surface area (Å²) in [4.78, 5) is 0. The Morgan fingerprint density at radius 2 is 1.24 bits per heavy atom. The van der Waals surface area contributed by atoms with Crippen LogP contribution < -0.4 is 11.5 Å². The van der Waals surface area contributed by atoms with Crippen molar-refractivity contribution in [2.45, 2.75) is 67.5 Å². The third kappa shape index (κ3) is 4.48. The summed E-state index contributed by atoms with van der Waals surface area (Å²) >= 11 is 0. The SMILES string of the molecule is Br.Br.CCCC(C)(C)C(C)(C)C(C)(C)C(N)N. The molecule has 0 aromatic rings. The fourth-order valence-electron chi connectivity index (χ4n) is 2.23. The fraction of sp³-hybridized carbons (Fsp3) is 1.00. The van der Waals surface area contributed by atoms with Gasteiger partial charge in [-0.05, 0) is 22.7 Å². The number of hydrogen-bond donors (Lipinski definition) is 2. The Hall–Kier alpha value is 0.880. The van der Waals surface area contributed by atoms with Crippen molar-refractivity contribution in [2.75, 3.05) is 0 Å². The van der Waals surface area contributed by atoms with E-state index in [1.165, 1.54) is 12.8 Å². The Morgan fingerprint density at radius 1 is 0.882 bits per heavy atom. The predicted molar refractivity (Wildman–Crippen MR) is 89.1 cm³/mol. The molecule has 0 bridgehead atoms. The van der Waals surface area contributed by atoms with Gasteiger partial charge in [-0.15, -0.1) is 34.0 Å². The molecule has 0 amide bonds. The summed E-state index contributed by atoms with van der Waals surface area (Å²) in [5.41, 5.74) is 12.2. The minimum atomic E-state index is -0.274. The second kappa shape index (κ2) is 7.46. The van der Waals surface area contributed by atoms with E-state index in [4.69, 9.17) is 11.5 Å². The Labute approximate surface area is 129 Å². The topological polar surface area (TPSA) is 52.0 Å². The van der Waals surface area contributed by atoms with E-state index in [-0.39, 0.29) is 56.4 Å². The average Bonchev–Trinajstić information content (AvgIpc) is 2.02. The third-order valence-electron chi connectivity index (χ3n) is 5.01. The van der Waals surface area contributed by atoms with Gasteiger partial charge in [0.05, 0.1) is 6.17 Å². The van der Waals surface area contributed by atoms with Crippen molar-refractivity contribution in [3.05, 3.63) is 0 Å². The molecule has 0 aromatic carbocycles. The highest BCUT2D eigenvalue weighted by Crippen LogP contribution is 2.53. The lowest BCUT2D eigenvalue weighted by atomic mass is 9.53. The van der Waals surface area contributed by atoms with Crippen molar-refractivity contribution in [3.8, 4) is 0 Å². The van der Waals surface area contributed by atoms with Gasteiger partial charge in [0.15, 0.2) is 0 Å². The Balaban J connectivity index is -0.000000980. The maximum Gasteiger partial charge on any atom is 0.0578 e. The standard InChI is InChI=1S/C13H30N2.2BrH/c1-8-9-11(2,3)13(6,7)12(4,5)10(14)15;;/h10H,8-9,14-15H2,1-7H3;2*1H. The molecular formula is C13H32Br2N2. The Bertz CT molecular complexity index is 211. The molecule has 0 aliphatic rings. The highest BCUT2D eigenvalue weighted by atomic mass is 79.9. The van der Waals surface area contributed by atoms with Gasteiger partial charge in [-0.25, -0.2) is 0 Å². The van der Waals surface area contributed by atoms with Crippen LogP contribution in [0.1, 0.15) is 61.3 Å². The van der Waals surface area contributed by atoms with Crippen LogP contribution in [0.15, 0.2) is 0 Å².